The first-order valence-corrected chi connectivity index (χ1v) is 9.27. The first kappa shape index (κ1) is 20.5. The average Bonchev–Trinajstić information content (AvgIpc) is 2.67. The summed E-state index contributed by atoms with van der Waals surface area (Å²) in [5.41, 5.74) is 2.06. The number of carbonyl (C=O) groups is 2. The highest BCUT2D eigenvalue weighted by atomic mass is 16.5. The van der Waals surface area contributed by atoms with E-state index in [0.29, 0.717) is 6.61 Å². The van der Waals surface area contributed by atoms with Crippen molar-refractivity contribution in [3.8, 4) is 5.75 Å². The average molecular weight is 369 g/mol. The molecule has 0 bridgehead atoms. The van der Waals surface area contributed by atoms with Crippen molar-refractivity contribution in [2.45, 2.75) is 39.2 Å². The molecule has 0 fully saturated rings. The van der Waals surface area contributed by atoms with Gasteiger partial charge < -0.3 is 14.8 Å². The number of aryl methyl sites for hydroxylation is 1. The second-order valence-electron chi connectivity index (χ2n) is 6.41. The third-order valence-corrected chi connectivity index (χ3v) is 4.06. The zero-order chi connectivity index (χ0) is 19.5. The topological polar surface area (TPSA) is 64.6 Å². The Morgan fingerprint density at radius 3 is 2.37 bits per heavy atom. The van der Waals surface area contributed by atoms with E-state index in [-0.39, 0.29) is 25.0 Å². The Kier molecular flexibility index (Phi) is 8.36. The molecular weight excluding hydrogens is 342 g/mol. The predicted octanol–water partition coefficient (Wildman–Crippen LogP) is 3.31. The van der Waals surface area contributed by atoms with Crippen LogP contribution < -0.4 is 10.1 Å². The number of esters is 1. The fourth-order valence-electron chi connectivity index (χ4n) is 2.65. The van der Waals surface area contributed by atoms with Gasteiger partial charge in [0, 0.05) is 6.04 Å². The van der Waals surface area contributed by atoms with Crippen LogP contribution in [0.25, 0.3) is 0 Å². The second-order valence-corrected chi connectivity index (χ2v) is 6.41. The van der Waals surface area contributed by atoms with Crippen molar-refractivity contribution in [2.24, 2.45) is 0 Å². The van der Waals surface area contributed by atoms with Crippen molar-refractivity contribution >= 4 is 11.9 Å². The Morgan fingerprint density at radius 2 is 1.70 bits per heavy atom. The summed E-state index contributed by atoms with van der Waals surface area (Å²) in [5, 5.41) is 2.86. The number of amides is 1. The van der Waals surface area contributed by atoms with Gasteiger partial charge in [0.2, 0.25) is 0 Å². The van der Waals surface area contributed by atoms with Crippen LogP contribution in [0.5, 0.6) is 5.75 Å². The lowest BCUT2D eigenvalue weighted by molar-refractivity contribution is -0.148. The van der Waals surface area contributed by atoms with Gasteiger partial charge in [0.25, 0.3) is 5.91 Å². The van der Waals surface area contributed by atoms with Crippen molar-refractivity contribution in [3.63, 3.8) is 0 Å². The molecule has 2 aromatic carbocycles. The Labute approximate surface area is 160 Å². The third kappa shape index (κ3) is 7.94. The van der Waals surface area contributed by atoms with E-state index in [1.54, 1.807) is 0 Å². The van der Waals surface area contributed by atoms with Gasteiger partial charge in [0.1, 0.15) is 5.75 Å². The van der Waals surface area contributed by atoms with Gasteiger partial charge in [-0.05, 0) is 49.9 Å². The molecule has 1 amide bonds. The minimum atomic E-state index is -0.425. The van der Waals surface area contributed by atoms with Crippen LogP contribution >= 0.6 is 0 Å². The zero-order valence-corrected chi connectivity index (χ0v) is 15.9. The van der Waals surface area contributed by atoms with Crippen LogP contribution in [0.4, 0.5) is 0 Å². The first-order chi connectivity index (χ1) is 13.1. The number of nitrogens with one attached hydrogen (secondary N) is 1. The van der Waals surface area contributed by atoms with E-state index in [0.717, 1.165) is 24.2 Å². The molecule has 0 aliphatic heterocycles. The van der Waals surface area contributed by atoms with Crippen LogP contribution in [0.1, 0.15) is 31.4 Å². The molecule has 2 rings (SSSR count). The zero-order valence-electron chi connectivity index (χ0n) is 15.9. The molecule has 27 heavy (non-hydrogen) atoms. The molecule has 0 saturated heterocycles. The molecule has 0 aliphatic rings. The number of rotatable bonds is 10. The molecular formula is C22H27NO4. The van der Waals surface area contributed by atoms with Gasteiger partial charge in [0.15, 0.2) is 6.61 Å². The van der Waals surface area contributed by atoms with Crippen molar-refractivity contribution in [1.82, 2.24) is 5.32 Å². The highest BCUT2D eigenvalue weighted by Crippen LogP contribution is 2.12. The summed E-state index contributed by atoms with van der Waals surface area (Å²) in [6.45, 7) is 4.20. The van der Waals surface area contributed by atoms with E-state index in [1.165, 1.54) is 5.56 Å². The van der Waals surface area contributed by atoms with E-state index in [1.807, 2.05) is 56.3 Å². The van der Waals surface area contributed by atoms with Gasteiger partial charge in [-0.3, -0.25) is 9.59 Å². The Hall–Kier alpha value is -2.82. The highest BCUT2D eigenvalue weighted by Gasteiger charge is 2.11. The summed E-state index contributed by atoms with van der Waals surface area (Å²) in [6.07, 6.45) is 1.85. The minimum Gasteiger partial charge on any atom is -0.494 e. The molecule has 0 aromatic heterocycles. The summed E-state index contributed by atoms with van der Waals surface area (Å²) in [4.78, 5) is 23.8. The van der Waals surface area contributed by atoms with Gasteiger partial charge in [0.05, 0.1) is 13.0 Å². The molecule has 0 heterocycles. The van der Waals surface area contributed by atoms with Crippen molar-refractivity contribution in [1.29, 1.82) is 0 Å². The standard InChI is InChI=1S/C22H27NO4/c1-3-26-20-13-11-19(12-14-20)15-22(25)27-16-21(24)23-17(2)9-10-18-7-5-4-6-8-18/h4-8,11-14,17H,3,9-10,15-16H2,1-2H3,(H,23,24). The van der Waals surface area contributed by atoms with Gasteiger partial charge in [-0.2, -0.15) is 0 Å². The van der Waals surface area contributed by atoms with Crippen LogP contribution in [0, 0.1) is 0 Å². The van der Waals surface area contributed by atoms with Crippen molar-refractivity contribution in [3.05, 3.63) is 65.7 Å². The Balaban J connectivity index is 1.65. The molecule has 0 aliphatic carbocycles. The summed E-state index contributed by atoms with van der Waals surface area (Å²) >= 11 is 0. The predicted molar refractivity (Wildman–Crippen MR) is 105 cm³/mol. The van der Waals surface area contributed by atoms with Crippen LogP contribution in [-0.4, -0.2) is 31.1 Å². The summed E-state index contributed by atoms with van der Waals surface area (Å²) in [5.74, 6) is 0.0559. The maximum absolute atomic E-state index is 11.9. The fraction of sp³-hybridized carbons (Fsp3) is 0.364. The summed E-state index contributed by atoms with van der Waals surface area (Å²) in [7, 11) is 0. The molecule has 5 heteroatoms. The fourth-order valence-corrected chi connectivity index (χ4v) is 2.65. The lowest BCUT2D eigenvalue weighted by atomic mass is 10.1. The molecule has 144 valence electrons. The van der Waals surface area contributed by atoms with Gasteiger partial charge in [-0.15, -0.1) is 0 Å². The quantitative estimate of drug-likeness (QED) is 0.653. The van der Waals surface area contributed by atoms with Gasteiger partial charge in [-0.1, -0.05) is 42.5 Å². The molecule has 0 radical (unpaired) electrons. The minimum absolute atomic E-state index is 0.0162. The summed E-state index contributed by atoms with van der Waals surface area (Å²) < 4.78 is 10.4. The number of hydrogen-bond acceptors (Lipinski definition) is 4. The molecule has 1 N–H and O–H groups in total. The van der Waals surface area contributed by atoms with Crippen molar-refractivity contribution < 1.29 is 19.1 Å². The monoisotopic (exact) mass is 369 g/mol. The van der Waals surface area contributed by atoms with E-state index in [4.69, 9.17) is 9.47 Å². The maximum atomic E-state index is 11.9. The van der Waals surface area contributed by atoms with E-state index < -0.39 is 5.97 Å². The summed E-state index contributed by atoms with van der Waals surface area (Å²) in [6, 6.07) is 17.4. The Morgan fingerprint density at radius 1 is 1.00 bits per heavy atom. The van der Waals surface area contributed by atoms with Crippen LogP contribution in [-0.2, 0) is 27.2 Å². The van der Waals surface area contributed by atoms with Gasteiger partial charge >= 0.3 is 5.97 Å². The van der Waals surface area contributed by atoms with E-state index >= 15 is 0 Å². The van der Waals surface area contributed by atoms with Gasteiger partial charge in [-0.25, -0.2) is 0 Å². The molecule has 1 atom stereocenters. The largest absolute Gasteiger partial charge is 0.494 e. The van der Waals surface area contributed by atoms with Crippen LogP contribution in [0.3, 0.4) is 0 Å². The van der Waals surface area contributed by atoms with E-state index in [2.05, 4.69) is 17.4 Å². The van der Waals surface area contributed by atoms with Crippen LogP contribution in [0.15, 0.2) is 54.6 Å². The molecule has 5 nitrogen and oxygen atoms in total. The lowest BCUT2D eigenvalue weighted by Gasteiger charge is -2.14. The normalized spacial score (nSPS) is 11.5. The molecule has 0 saturated carbocycles. The number of benzene rings is 2. The SMILES string of the molecule is CCOc1ccc(CC(=O)OCC(=O)NC(C)CCc2ccccc2)cc1. The third-order valence-electron chi connectivity index (χ3n) is 4.06. The second kappa shape index (κ2) is 11.0. The first-order valence-electron chi connectivity index (χ1n) is 9.27. The molecule has 2 aromatic rings. The van der Waals surface area contributed by atoms with Crippen molar-refractivity contribution in [2.75, 3.05) is 13.2 Å². The Bertz CT molecular complexity index is 713. The maximum Gasteiger partial charge on any atom is 0.310 e. The lowest BCUT2D eigenvalue weighted by Crippen LogP contribution is -2.36. The van der Waals surface area contributed by atoms with Crippen LogP contribution in [0.2, 0.25) is 0 Å². The molecule has 0 spiro atoms. The molecule has 1 unspecified atom stereocenters. The number of hydrogen-bond donors (Lipinski definition) is 1. The highest BCUT2D eigenvalue weighted by molar-refractivity contribution is 5.81. The van der Waals surface area contributed by atoms with E-state index in [9.17, 15) is 9.59 Å². The smallest absolute Gasteiger partial charge is 0.310 e. The number of ether oxygens (including phenoxy) is 2. The number of carbonyl (C=O) groups excluding carboxylic acids is 2.